The summed E-state index contributed by atoms with van der Waals surface area (Å²) in [5, 5.41) is -0.444. The molecular weight excluding hydrogens is 449 g/mol. The molecule has 2 N–H and O–H groups in total. The quantitative estimate of drug-likeness (QED) is 0.697. The van der Waals surface area contributed by atoms with Crippen LogP contribution in [-0.2, 0) is 9.84 Å². The number of aromatic nitrogens is 3. The smallest absolute Gasteiger partial charge is 0.387 e. The predicted octanol–water partition coefficient (Wildman–Crippen LogP) is 1.65. The van der Waals surface area contributed by atoms with Crippen LogP contribution in [0.2, 0.25) is 0 Å². The molecule has 32 heavy (non-hydrogen) atoms. The third-order valence-electron chi connectivity index (χ3n) is 6.11. The molecule has 0 saturated carbocycles. The topological polar surface area (TPSA) is 115 Å². The zero-order chi connectivity index (χ0) is 22.6. The normalized spacial score (nSPS) is 26.3. The minimum absolute atomic E-state index is 0.0540. The molecule has 3 saturated heterocycles. The molecule has 3 aliphatic rings. The van der Waals surface area contributed by atoms with Crippen LogP contribution in [0.4, 0.5) is 30.8 Å². The van der Waals surface area contributed by atoms with Crippen molar-refractivity contribution in [3.8, 4) is 17.0 Å². The summed E-state index contributed by atoms with van der Waals surface area (Å²) >= 11 is 0. The molecule has 13 heteroatoms. The van der Waals surface area contributed by atoms with Crippen LogP contribution in [0.25, 0.3) is 11.3 Å². The highest BCUT2D eigenvalue weighted by atomic mass is 32.2. The van der Waals surface area contributed by atoms with Gasteiger partial charge in [-0.2, -0.15) is 13.8 Å². The van der Waals surface area contributed by atoms with E-state index in [1.807, 2.05) is 4.90 Å². The molecule has 0 aliphatic carbocycles. The maximum absolute atomic E-state index is 13.8. The maximum Gasteiger partial charge on any atom is 0.387 e. The molecule has 0 aromatic carbocycles. The van der Waals surface area contributed by atoms with Crippen LogP contribution in [0.15, 0.2) is 18.3 Å². The van der Waals surface area contributed by atoms with E-state index in [1.165, 1.54) is 12.3 Å². The molecule has 2 aromatic heterocycles. The number of nitrogens with zero attached hydrogens (tertiary/aromatic N) is 5. The lowest BCUT2D eigenvalue weighted by Gasteiger charge is -2.29. The van der Waals surface area contributed by atoms with Gasteiger partial charge in [0.2, 0.25) is 5.95 Å². The van der Waals surface area contributed by atoms with E-state index < -0.39 is 27.9 Å². The molecule has 0 amide bonds. The Hall–Kier alpha value is -2.83. The van der Waals surface area contributed by atoms with Gasteiger partial charge in [-0.25, -0.2) is 22.8 Å². The zero-order valence-electron chi connectivity index (χ0n) is 16.9. The van der Waals surface area contributed by atoms with Crippen LogP contribution in [0, 0.1) is 0 Å². The highest BCUT2D eigenvalue weighted by Crippen LogP contribution is 2.38. The first-order valence-corrected chi connectivity index (χ1v) is 11.9. The Morgan fingerprint density at radius 2 is 2.03 bits per heavy atom. The van der Waals surface area contributed by atoms with E-state index in [2.05, 4.69) is 19.7 Å². The number of pyridine rings is 1. The monoisotopic (exact) mass is 470 g/mol. The molecular formula is C19H21F3N6O3S. The second-order valence-corrected chi connectivity index (χ2v) is 10.5. The van der Waals surface area contributed by atoms with Crippen LogP contribution < -0.4 is 20.3 Å². The molecule has 5 heterocycles. The van der Waals surface area contributed by atoms with Gasteiger partial charge in [0.05, 0.1) is 23.2 Å². The van der Waals surface area contributed by atoms with Crippen molar-refractivity contribution in [1.29, 1.82) is 0 Å². The summed E-state index contributed by atoms with van der Waals surface area (Å²) in [5.74, 6) is 0.374. The average molecular weight is 470 g/mol. The van der Waals surface area contributed by atoms with Gasteiger partial charge in [0.1, 0.15) is 12.0 Å². The van der Waals surface area contributed by atoms with Crippen molar-refractivity contribution >= 4 is 27.4 Å². The summed E-state index contributed by atoms with van der Waals surface area (Å²) in [6.45, 7) is -2.18. The number of ether oxygens (including phenoxy) is 1. The van der Waals surface area contributed by atoms with E-state index in [0.29, 0.717) is 43.0 Å². The Morgan fingerprint density at radius 3 is 2.66 bits per heavy atom. The minimum atomic E-state index is -3.10. The summed E-state index contributed by atoms with van der Waals surface area (Å²) in [6, 6.07) is 2.77. The Labute approximate surface area is 182 Å². The Morgan fingerprint density at radius 1 is 1.22 bits per heavy atom. The van der Waals surface area contributed by atoms with Crippen LogP contribution in [-0.4, -0.2) is 72.8 Å². The number of nitrogen functional groups attached to an aromatic ring is 1. The minimum Gasteiger partial charge on any atom is -0.431 e. The van der Waals surface area contributed by atoms with Gasteiger partial charge in [-0.1, -0.05) is 0 Å². The number of nitrogens with two attached hydrogens (primary N) is 1. The van der Waals surface area contributed by atoms with Crippen molar-refractivity contribution < 1.29 is 26.3 Å². The van der Waals surface area contributed by atoms with Crippen molar-refractivity contribution in [3.63, 3.8) is 0 Å². The number of hydrogen-bond acceptors (Lipinski definition) is 9. The molecule has 1 unspecified atom stereocenters. The highest BCUT2D eigenvalue weighted by molar-refractivity contribution is 7.92. The molecule has 9 nitrogen and oxygen atoms in total. The number of anilines is 3. The van der Waals surface area contributed by atoms with Crippen LogP contribution in [0.3, 0.4) is 0 Å². The lowest BCUT2D eigenvalue weighted by molar-refractivity contribution is -0.0494. The average Bonchev–Trinajstić information content (AvgIpc) is 3.42. The van der Waals surface area contributed by atoms with E-state index in [-0.39, 0.29) is 35.9 Å². The number of alkyl halides is 3. The second kappa shape index (κ2) is 7.64. The lowest BCUT2D eigenvalue weighted by atomic mass is 10.2. The molecule has 3 atom stereocenters. The van der Waals surface area contributed by atoms with Gasteiger partial charge >= 0.3 is 6.61 Å². The van der Waals surface area contributed by atoms with Crippen LogP contribution in [0.1, 0.15) is 12.8 Å². The molecule has 5 rings (SSSR count). The summed E-state index contributed by atoms with van der Waals surface area (Å²) in [7, 11) is -3.10. The molecule has 3 fully saturated rings. The zero-order valence-corrected chi connectivity index (χ0v) is 17.7. The third kappa shape index (κ3) is 3.78. The van der Waals surface area contributed by atoms with E-state index in [9.17, 15) is 21.6 Å². The second-order valence-electron chi connectivity index (χ2n) is 8.22. The van der Waals surface area contributed by atoms with E-state index in [1.54, 1.807) is 11.0 Å². The Bertz CT molecular complexity index is 1150. The number of sulfone groups is 1. The fourth-order valence-electron chi connectivity index (χ4n) is 4.52. The van der Waals surface area contributed by atoms with Gasteiger partial charge in [-0.05, 0) is 18.9 Å². The number of hydrogen-bond donors (Lipinski definition) is 1. The third-order valence-corrected chi connectivity index (χ3v) is 8.32. The highest BCUT2D eigenvalue weighted by Gasteiger charge is 2.49. The molecule has 3 aliphatic heterocycles. The first-order chi connectivity index (χ1) is 15.2. The molecule has 2 aromatic rings. The predicted molar refractivity (Wildman–Crippen MR) is 111 cm³/mol. The van der Waals surface area contributed by atoms with Gasteiger partial charge in [0.25, 0.3) is 0 Å². The van der Waals surface area contributed by atoms with Crippen LogP contribution in [0.5, 0.6) is 5.75 Å². The van der Waals surface area contributed by atoms with Gasteiger partial charge < -0.3 is 20.3 Å². The molecule has 0 radical (unpaired) electrons. The molecule has 2 bridgehead atoms. The van der Waals surface area contributed by atoms with Gasteiger partial charge in [-0.3, -0.25) is 0 Å². The first kappa shape index (κ1) is 21.0. The van der Waals surface area contributed by atoms with Gasteiger partial charge in [-0.15, -0.1) is 0 Å². The summed E-state index contributed by atoms with van der Waals surface area (Å²) in [4.78, 5) is 16.7. The van der Waals surface area contributed by atoms with Crippen molar-refractivity contribution in [2.24, 2.45) is 0 Å². The standard InChI is InChI=1S/C19H21F3N6O3S/c20-11-1-2-27(7-11)19-25-14(10-3-15(31-18(21)22)17(23)24-6-10)5-16(26-19)28-8-13-4-12(28)9-32(13,29)30/h3,5-6,11-13,18H,1-2,4,7-9H2,(H2,23,24)/t11?,12-,13-/m0/s1. The fraction of sp³-hybridized carbons (Fsp3) is 0.526. The SMILES string of the molecule is Nc1ncc(-c2cc(N3C[C@@H]4C[C@H]3CS4(=O)=O)nc(N3CCC(F)C3)n2)cc1OC(F)F. The van der Waals surface area contributed by atoms with E-state index in [0.717, 1.165) is 0 Å². The van der Waals surface area contributed by atoms with Gasteiger partial charge in [0, 0.05) is 37.0 Å². The Balaban J connectivity index is 1.55. The number of rotatable bonds is 5. The maximum atomic E-state index is 13.8. The van der Waals surface area contributed by atoms with Crippen molar-refractivity contribution in [2.75, 3.05) is 40.9 Å². The van der Waals surface area contributed by atoms with Crippen molar-refractivity contribution in [3.05, 3.63) is 18.3 Å². The Kier molecular flexibility index (Phi) is 5.02. The summed E-state index contributed by atoms with van der Waals surface area (Å²) in [5.41, 5.74) is 6.37. The fourth-order valence-corrected chi connectivity index (χ4v) is 6.55. The van der Waals surface area contributed by atoms with E-state index >= 15 is 0 Å². The molecule has 0 spiro atoms. The van der Waals surface area contributed by atoms with Gasteiger partial charge in [0.15, 0.2) is 21.4 Å². The summed E-state index contributed by atoms with van der Waals surface area (Å²) < 4.78 is 68.0. The summed E-state index contributed by atoms with van der Waals surface area (Å²) in [6.07, 6.45) is 1.27. The number of fused-ring (bicyclic) bond motifs is 2. The first-order valence-electron chi connectivity index (χ1n) is 10.2. The number of halogens is 3. The van der Waals surface area contributed by atoms with Crippen molar-refractivity contribution in [1.82, 2.24) is 15.0 Å². The van der Waals surface area contributed by atoms with Crippen LogP contribution >= 0.6 is 0 Å². The largest absolute Gasteiger partial charge is 0.431 e. The van der Waals surface area contributed by atoms with E-state index in [4.69, 9.17) is 5.73 Å². The lowest BCUT2D eigenvalue weighted by Crippen LogP contribution is -2.41. The molecule has 172 valence electrons. The van der Waals surface area contributed by atoms with Crippen molar-refractivity contribution in [2.45, 2.75) is 36.9 Å².